The van der Waals surface area contributed by atoms with Crippen LogP contribution in [0.2, 0.25) is 0 Å². The van der Waals surface area contributed by atoms with E-state index in [9.17, 15) is 9.18 Å². The third-order valence-corrected chi connectivity index (χ3v) is 7.96. The maximum absolute atomic E-state index is 13.5. The Hall–Kier alpha value is -5.34. The van der Waals surface area contributed by atoms with Gasteiger partial charge >= 0.3 is 0 Å². The lowest BCUT2D eigenvalue weighted by Gasteiger charge is -2.36. The van der Waals surface area contributed by atoms with Crippen molar-refractivity contribution in [2.75, 3.05) is 20.8 Å². The summed E-state index contributed by atoms with van der Waals surface area (Å²) in [4.78, 5) is 18.0. The van der Waals surface area contributed by atoms with Gasteiger partial charge in [-0.2, -0.15) is 0 Å². The number of fused-ring (bicyclic) bond motifs is 1. The first-order valence-corrected chi connectivity index (χ1v) is 14.7. The second-order valence-corrected chi connectivity index (χ2v) is 10.7. The van der Waals surface area contributed by atoms with E-state index in [1.54, 1.807) is 32.5 Å². The van der Waals surface area contributed by atoms with Crippen LogP contribution < -0.4 is 10.1 Å². The standard InChI is InChI=1S/C37H33FN4O3/c1-44-25-33(26-18-20-30(38)21-19-26)40-35(43)23-31-22-34-32(24-39-31)36(45-2)41-42(34)37(27-12-6-3-7-13-27,28-14-8-4-9-15-28)29-16-10-5-11-17-29/h3-22,24,33H,23,25H2,1-2H3,(H,40,43). The lowest BCUT2D eigenvalue weighted by Crippen LogP contribution is -2.38. The maximum Gasteiger partial charge on any atom is 0.242 e. The first kappa shape index (κ1) is 29.7. The summed E-state index contributed by atoms with van der Waals surface area (Å²) in [6.07, 6.45) is 1.72. The van der Waals surface area contributed by atoms with E-state index in [4.69, 9.17) is 14.6 Å². The number of amides is 1. The fourth-order valence-corrected chi connectivity index (χ4v) is 5.93. The van der Waals surface area contributed by atoms with E-state index in [2.05, 4.69) is 46.7 Å². The van der Waals surface area contributed by atoms with Crippen LogP contribution >= 0.6 is 0 Å². The summed E-state index contributed by atoms with van der Waals surface area (Å²) in [5, 5.41) is 8.79. The number of rotatable bonds is 11. The number of benzene rings is 4. The van der Waals surface area contributed by atoms with Gasteiger partial charge in [-0.1, -0.05) is 103 Å². The van der Waals surface area contributed by atoms with Crippen LogP contribution in [0.15, 0.2) is 128 Å². The number of pyridine rings is 1. The molecule has 0 aliphatic carbocycles. The summed E-state index contributed by atoms with van der Waals surface area (Å²) in [5.41, 5.74) is 4.20. The molecule has 0 spiro atoms. The molecule has 1 atom stereocenters. The molecular weight excluding hydrogens is 567 g/mol. The maximum atomic E-state index is 13.5. The summed E-state index contributed by atoms with van der Waals surface area (Å²) in [6, 6.07) is 38.2. The fourth-order valence-electron chi connectivity index (χ4n) is 5.93. The van der Waals surface area contributed by atoms with Crippen LogP contribution in [-0.2, 0) is 21.5 Å². The Bertz CT molecular complexity index is 1780. The van der Waals surface area contributed by atoms with Crippen LogP contribution in [0.25, 0.3) is 10.9 Å². The number of nitrogens with one attached hydrogen (secondary N) is 1. The van der Waals surface area contributed by atoms with Crippen LogP contribution in [0.4, 0.5) is 4.39 Å². The summed E-state index contributed by atoms with van der Waals surface area (Å²) in [6.45, 7) is 0.238. The van der Waals surface area contributed by atoms with Gasteiger partial charge in [-0.3, -0.25) is 9.78 Å². The van der Waals surface area contributed by atoms with Crippen molar-refractivity contribution >= 4 is 16.8 Å². The van der Waals surface area contributed by atoms with Crippen molar-refractivity contribution in [2.24, 2.45) is 0 Å². The van der Waals surface area contributed by atoms with Crippen LogP contribution in [-0.4, -0.2) is 41.5 Å². The molecule has 0 aliphatic heterocycles. The minimum absolute atomic E-state index is 0.0137. The summed E-state index contributed by atoms with van der Waals surface area (Å²) < 4.78 is 26.6. The van der Waals surface area contributed by atoms with E-state index in [0.29, 0.717) is 11.6 Å². The Morgan fingerprint density at radius 2 is 1.40 bits per heavy atom. The first-order chi connectivity index (χ1) is 22.0. The number of halogens is 1. The Kier molecular flexibility index (Phi) is 8.66. The average Bonchev–Trinajstić information content (AvgIpc) is 3.45. The van der Waals surface area contributed by atoms with Gasteiger partial charge in [-0.15, -0.1) is 5.10 Å². The molecule has 1 unspecified atom stereocenters. The number of hydrogen-bond acceptors (Lipinski definition) is 5. The van der Waals surface area contributed by atoms with E-state index in [1.807, 2.05) is 65.3 Å². The number of methoxy groups -OCH3 is 2. The number of carbonyl (C=O) groups excluding carboxylic acids is 1. The van der Waals surface area contributed by atoms with E-state index >= 15 is 0 Å². The number of aromatic nitrogens is 3. The zero-order valence-electron chi connectivity index (χ0n) is 25.1. The Morgan fingerprint density at radius 3 is 1.91 bits per heavy atom. The highest BCUT2D eigenvalue weighted by Gasteiger charge is 2.41. The summed E-state index contributed by atoms with van der Waals surface area (Å²) in [7, 11) is 3.15. The average molecular weight is 601 g/mol. The number of hydrogen-bond donors (Lipinski definition) is 1. The molecule has 7 nitrogen and oxygen atoms in total. The van der Waals surface area contributed by atoms with E-state index in [0.717, 1.165) is 33.2 Å². The zero-order valence-corrected chi connectivity index (χ0v) is 25.1. The molecule has 6 rings (SSSR count). The van der Waals surface area contributed by atoms with Crippen molar-refractivity contribution in [2.45, 2.75) is 18.0 Å². The number of ether oxygens (including phenoxy) is 2. The van der Waals surface area contributed by atoms with Gasteiger partial charge in [0.15, 0.2) is 0 Å². The molecule has 8 heteroatoms. The molecule has 2 aromatic heterocycles. The van der Waals surface area contributed by atoms with Gasteiger partial charge in [0.1, 0.15) is 11.4 Å². The van der Waals surface area contributed by atoms with Crippen LogP contribution in [0.1, 0.15) is 34.0 Å². The molecule has 0 fully saturated rings. The minimum atomic E-state index is -0.883. The second kappa shape index (κ2) is 13.1. The van der Waals surface area contributed by atoms with Gasteiger partial charge in [0, 0.05) is 13.3 Å². The lowest BCUT2D eigenvalue weighted by atomic mass is 9.77. The van der Waals surface area contributed by atoms with Gasteiger partial charge in [0.2, 0.25) is 11.8 Å². The molecule has 2 heterocycles. The van der Waals surface area contributed by atoms with Crippen molar-refractivity contribution in [3.8, 4) is 5.88 Å². The third kappa shape index (κ3) is 5.80. The monoisotopic (exact) mass is 600 g/mol. The van der Waals surface area contributed by atoms with Crippen molar-refractivity contribution in [3.05, 3.63) is 161 Å². The molecular formula is C37H33FN4O3. The molecule has 1 amide bonds. The van der Waals surface area contributed by atoms with Crippen LogP contribution in [0, 0.1) is 5.82 Å². The van der Waals surface area contributed by atoms with Gasteiger partial charge < -0.3 is 14.8 Å². The SMILES string of the molecule is COCC(NC(=O)Cc1cc2c(cn1)c(OC)nn2C(c1ccccc1)(c1ccccc1)c1ccccc1)c1ccc(F)cc1. The van der Waals surface area contributed by atoms with Gasteiger partial charge in [-0.25, -0.2) is 9.07 Å². The number of carbonyl (C=O) groups is 1. The molecule has 45 heavy (non-hydrogen) atoms. The fraction of sp³-hybridized carbons (Fsp3) is 0.162. The molecule has 0 saturated carbocycles. The van der Waals surface area contributed by atoms with Crippen LogP contribution in [0.5, 0.6) is 5.88 Å². The smallest absolute Gasteiger partial charge is 0.242 e. The molecule has 0 saturated heterocycles. The van der Waals surface area contributed by atoms with Gasteiger partial charge in [0.25, 0.3) is 0 Å². The topological polar surface area (TPSA) is 78.3 Å². The molecule has 0 aliphatic rings. The summed E-state index contributed by atoms with van der Waals surface area (Å²) >= 11 is 0. The lowest BCUT2D eigenvalue weighted by molar-refractivity contribution is -0.121. The highest BCUT2D eigenvalue weighted by atomic mass is 19.1. The Labute approximate surface area is 261 Å². The highest BCUT2D eigenvalue weighted by molar-refractivity contribution is 5.86. The normalized spacial score (nSPS) is 12.2. The highest BCUT2D eigenvalue weighted by Crippen LogP contribution is 2.43. The van der Waals surface area contributed by atoms with Crippen molar-refractivity contribution in [1.82, 2.24) is 20.1 Å². The molecule has 0 bridgehead atoms. The van der Waals surface area contributed by atoms with E-state index < -0.39 is 11.6 Å². The molecule has 226 valence electrons. The van der Waals surface area contributed by atoms with Crippen LogP contribution in [0.3, 0.4) is 0 Å². The molecule has 4 aromatic carbocycles. The van der Waals surface area contributed by atoms with E-state index in [-0.39, 0.29) is 24.8 Å². The predicted octanol–water partition coefficient (Wildman–Crippen LogP) is 6.47. The largest absolute Gasteiger partial charge is 0.479 e. The quantitative estimate of drug-likeness (QED) is 0.173. The number of nitrogens with zero attached hydrogens (tertiary/aromatic N) is 3. The zero-order chi connectivity index (χ0) is 31.2. The second-order valence-electron chi connectivity index (χ2n) is 10.7. The third-order valence-electron chi connectivity index (χ3n) is 7.96. The summed E-state index contributed by atoms with van der Waals surface area (Å²) in [5.74, 6) is -0.160. The Balaban J connectivity index is 1.48. The van der Waals surface area contributed by atoms with Crippen molar-refractivity contribution in [1.29, 1.82) is 0 Å². The van der Waals surface area contributed by atoms with Gasteiger partial charge in [0.05, 0.1) is 42.8 Å². The first-order valence-electron chi connectivity index (χ1n) is 14.7. The van der Waals surface area contributed by atoms with Crippen molar-refractivity contribution in [3.63, 3.8) is 0 Å². The Morgan fingerprint density at radius 1 is 0.844 bits per heavy atom. The molecule has 0 radical (unpaired) electrons. The minimum Gasteiger partial charge on any atom is -0.479 e. The van der Waals surface area contributed by atoms with Gasteiger partial charge in [-0.05, 0) is 40.5 Å². The molecule has 6 aromatic rings. The van der Waals surface area contributed by atoms with Crippen molar-refractivity contribution < 1.29 is 18.7 Å². The van der Waals surface area contributed by atoms with E-state index in [1.165, 1.54) is 12.1 Å². The molecule has 1 N–H and O–H groups in total. The predicted molar refractivity (Wildman–Crippen MR) is 172 cm³/mol.